The van der Waals surface area contributed by atoms with Crippen molar-refractivity contribution < 1.29 is 10.0 Å². The molecule has 94 valence electrons. The topological polar surface area (TPSA) is 81.2 Å². The van der Waals surface area contributed by atoms with E-state index in [0.29, 0.717) is 5.69 Å². The monoisotopic (exact) mass is 247 g/mol. The maximum atomic E-state index is 11.0. The summed E-state index contributed by atoms with van der Waals surface area (Å²) in [5.74, 6) is 0. The van der Waals surface area contributed by atoms with Gasteiger partial charge in [-0.05, 0) is 12.5 Å². The Balaban J connectivity index is 2.63. The van der Waals surface area contributed by atoms with Gasteiger partial charge in [-0.3, -0.25) is 14.8 Å². The summed E-state index contributed by atoms with van der Waals surface area (Å²) in [6.07, 6.45) is 1.22. The van der Waals surface area contributed by atoms with Crippen molar-refractivity contribution in [2.24, 2.45) is 0 Å². The number of nitrogens with zero attached hydrogens (tertiary/aromatic N) is 3. The fourth-order valence-corrected chi connectivity index (χ4v) is 1.89. The van der Waals surface area contributed by atoms with E-state index in [1.165, 1.54) is 10.9 Å². The van der Waals surface area contributed by atoms with Crippen molar-refractivity contribution in [1.29, 1.82) is 0 Å². The first-order chi connectivity index (χ1) is 8.65. The summed E-state index contributed by atoms with van der Waals surface area (Å²) < 4.78 is 1.46. The molecule has 0 unspecified atom stereocenters. The van der Waals surface area contributed by atoms with E-state index in [1.54, 1.807) is 0 Å². The van der Waals surface area contributed by atoms with Crippen molar-refractivity contribution in [3.63, 3.8) is 0 Å². The van der Waals surface area contributed by atoms with Crippen LogP contribution in [0.25, 0.3) is 11.3 Å². The highest BCUT2D eigenvalue weighted by Gasteiger charge is 2.22. The van der Waals surface area contributed by atoms with Gasteiger partial charge in [-0.2, -0.15) is 5.10 Å². The summed E-state index contributed by atoms with van der Waals surface area (Å²) in [6, 6.07) is 7.39. The maximum absolute atomic E-state index is 11.0. The number of aliphatic hydroxyl groups excluding tert-OH is 1. The number of aryl methyl sites for hydroxylation is 1. The summed E-state index contributed by atoms with van der Waals surface area (Å²) in [5, 5.41) is 24.0. The van der Waals surface area contributed by atoms with Crippen LogP contribution in [0.3, 0.4) is 0 Å². The van der Waals surface area contributed by atoms with Gasteiger partial charge in [0.15, 0.2) is 0 Å². The van der Waals surface area contributed by atoms with E-state index in [0.717, 1.165) is 11.1 Å². The van der Waals surface area contributed by atoms with Crippen molar-refractivity contribution >= 4 is 5.69 Å². The Morgan fingerprint density at radius 3 is 2.78 bits per heavy atom. The van der Waals surface area contributed by atoms with Crippen molar-refractivity contribution in [3.05, 3.63) is 46.1 Å². The second kappa shape index (κ2) is 4.97. The first kappa shape index (κ1) is 12.3. The fourth-order valence-electron chi connectivity index (χ4n) is 1.89. The highest BCUT2D eigenvalue weighted by molar-refractivity contribution is 5.72. The van der Waals surface area contributed by atoms with Crippen LogP contribution in [-0.4, -0.2) is 26.4 Å². The molecule has 0 aliphatic rings. The molecule has 0 bridgehead atoms. The van der Waals surface area contributed by atoms with Gasteiger partial charge in [-0.1, -0.05) is 24.3 Å². The number of hydrogen-bond donors (Lipinski definition) is 1. The number of aromatic nitrogens is 2. The molecule has 0 aliphatic carbocycles. The Labute approximate surface area is 104 Å². The Morgan fingerprint density at radius 2 is 2.17 bits per heavy atom. The van der Waals surface area contributed by atoms with Gasteiger partial charge in [0, 0.05) is 5.56 Å². The molecular formula is C12H13N3O3. The van der Waals surface area contributed by atoms with Crippen LogP contribution >= 0.6 is 0 Å². The minimum absolute atomic E-state index is 0.0437. The largest absolute Gasteiger partial charge is 0.394 e. The van der Waals surface area contributed by atoms with Crippen LogP contribution < -0.4 is 0 Å². The minimum Gasteiger partial charge on any atom is -0.394 e. The third kappa shape index (κ3) is 2.10. The second-order valence-electron chi connectivity index (χ2n) is 3.90. The molecule has 6 heteroatoms. The third-order valence-electron chi connectivity index (χ3n) is 2.73. The van der Waals surface area contributed by atoms with Crippen molar-refractivity contribution in [3.8, 4) is 11.3 Å². The van der Waals surface area contributed by atoms with Gasteiger partial charge in [0.2, 0.25) is 0 Å². The first-order valence-corrected chi connectivity index (χ1v) is 5.52. The van der Waals surface area contributed by atoms with E-state index in [4.69, 9.17) is 5.11 Å². The predicted molar refractivity (Wildman–Crippen MR) is 66.1 cm³/mol. The molecule has 0 amide bonds. The fraction of sp³-hybridized carbons (Fsp3) is 0.250. The summed E-state index contributed by atoms with van der Waals surface area (Å²) >= 11 is 0. The van der Waals surface area contributed by atoms with Crippen LogP contribution in [0.15, 0.2) is 30.5 Å². The number of benzene rings is 1. The summed E-state index contributed by atoms with van der Waals surface area (Å²) in [6.45, 7) is 2.00. The van der Waals surface area contributed by atoms with Crippen LogP contribution in [0.4, 0.5) is 5.69 Å². The minimum atomic E-state index is -0.456. The Bertz CT molecular complexity index is 578. The summed E-state index contributed by atoms with van der Waals surface area (Å²) in [4.78, 5) is 10.6. The molecule has 1 aromatic heterocycles. The normalized spacial score (nSPS) is 10.6. The molecule has 6 nitrogen and oxygen atoms in total. The molecule has 1 heterocycles. The quantitative estimate of drug-likeness (QED) is 0.659. The smallest absolute Gasteiger partial charge is 0.314 e. The Kier molecular flexibility index (Phi) is 3.38. The number of hydrogen-bond acceptors (Lipinski definition) is 4. The van der Waals surface area contributed by atoms with E-state index in [-0.39, 0.29) is 18.8 Å². The molecule has 2 aromatic rings. The van der Waals surface area contributed by atoms with Gasteiger partial charge >= 0.3 is 5.69 Å². The first-order valence-electron chi connectivity index (χ1n) is 5.52. The Hall–Kier alpha value is -2.21. The zero-order valence-corrected chi connectivity index (χ0v) is 9.91. The molecule has 0 saturated carbocycles. The summed E-state index contributed by atoms with van der Waals surface area (Å²) in [5.41, 5.74) is 2.08. The lowest BCUT2D eigenvalue weighted by Gasteiger charge is -2.07. The van der Waals surface area contributed by atoms with Crippen molar-refractivity contribution in [1.82, 2.24) is 9.78 Å². The molecule has 0 saturated heterocycles. The zero-order chi connectivity index (χ0) is 13.1. The lowest BCUT2D eigenvalue weighted by atomic mass is 10.1. The maximum Gasteiger partial charge on any atom is 0.314 e. The van der Waals surface area contributed by atoms with Gasteiger partial charge in [-0.15, -0.1) is 0 Å². The Morgan fingerprint density at radius 1 is 1.44 bits per heavy atom. The average molecular weight is 247 g/mol. The molecule has 18 heavy (non-hydrogen) atoms. The second-order valence-corrected chi connectivity index (χ2v) is 3.90. The SMILES string of the molecule is Cc1ccccc1-c1c([N+](=O)[O-])cnn1CCO. The summed E-state index contributed by atoms with van der Waals surface area (Å²) in [7, 11) is 0. The lowest BCUT2D eigenvalue weighted by Crippen LogP contribution is -2.06. The highest BCUT2D eigenvalue weighted by Crippen LogP contribution is 2.31. The molecule has 1 N–H and O–H groups in total. The molecule has 0 spiro atoms. The molecule has 1 aromatic carbocycles. The van der Waals surface area contributed by atoms with Crippen LogP contribution in [-0.2, 0) is 6.54 Å². The van der Waals surface area contributed by atoms with Gasteiger partial charge < -0.3 is 5.11 Å². The van der Waals surface area contributed by atoms with Crippen molar-refractivity contribution in [2.45, 2.75) is 13.5 Å². The molecule has 0 radical (unpaired) electrons. The molecule has 0 fully saturated rings. The van der Waals surface area contributed by atoms with Gasteiger partial charge in [0.25, 0.3) is 0 Å². The highest BCUT2D eigenvalue weighted by atomic mass is 16.6. The van der Waals surface area contributed by atoms with Gasteiger partial charge in [0.1, 0.15) is 11.9 Å². The van der Waals surface area contributed by atoms with E-state index >= 15 is 0 Å². The van der Waals surface area contributed by atoms with Crippen LogP contribution in [0, 0.1) is 17.0 Å². The average Bonchev–Trinajstić information content (AvgIpc) is 2.74. The number of nitro groups is 1. The third-order valence-corrected chi connectivity index (χ3v) is 2.73. The van der Waals surface area contributed by atoms with Gasteiger partial charge in [-0.25, -0.2) is 0 Å². The van der Waals surface area contributed by atoms with E-state index in [1.807, 2.05) is 31.2 Å². The predicted octanol–water partition coefficient (Wildman–Crippen LogP) is 1.76. The standard InChI is InChI=1S/C12H13N3O3/c1-9-4-2-3-5-10(9)12-11(15(17)18)8-13-14(12)6-7-16/h2-5,8,16H,6-7H2,1H3. The van der Waals surface area contributed by atoms with Crippen LogP contribution in [0.2, 0.25) is 0 Å². The van der Waals surface area contributed by atoms with E-state index < -0.39 is 4.92 Å². The molecule has 0 aliphatic heterocycles. The van der Waals surface area contributed by atoms with Crippen LogP contribution in [0.1, 0.15) is 5.56 Å². The van der Waals surface area contributed by atoms with Crippen molar-refractivity contribution in [2.75, 3.05) is 6.61 Å². The molecule has 2 rings (SSSR count). The number of aliphatic hydroxyl groups is 1. The van der Waals surface area contributed by atoms with Crippen LogP contribution in [0.5, 0.6) is 0 Å². The molecular weight excluding hydrogens is 234 g/mol. The molecule has 0 atom stereocenters. The zero-order valence-electron chi connectivity index (χ0n) is 9.91. The number of rotatable bonds is 4. The van der Waals surface area contributed by atoms with Gasteiger partial charge in [0.05, 0.1) is 18.1 Å². The van der Waals surface area contributed by atoms with E-state index in [9.17, 15) is 10.1 Å². The lowest BCUT2D eigenvalue weighted by molar-refractivity contribution is -0.384. The van der Waals surface area contributed by atoms with E-state index in [2.05, 4.69) is 5.10 Å².